The molecule has 1 nitrogen and oxygen atoms in total. The van der Waals surface area contributed by atoms with Gasteiger partial charge in [-0.05, 0) is 30.7 Å². The third kappa shape index (κ3) is 7.20. The first-order valence-corrected chi connectivity index (χ1v) is 10.7. The molecule has 10 heteroatoms. The summed E-state index contributed by atoms with van der Waals surface area (Å²) in [6.45, 7) is 2.39. The van der Waals surface area contributed by atoms with Gasteiger partial charge in [-0.2, -0.15) is 39.5 Å². The van der Waals surface area contributed by atoms with E-state index in [1.807, 2.05) is 0 Å². The highest BCUT2D eigenvalue weighted by Crippen LogP contribution is 2.56. The van der Waals surface area contributed by atoms with Crippen molar-refractivity contribution in [2.75, 3.05) is 6.61 Å². The fraction of sp³-hybridized carbons (Fsp3) is 0.727. The first kappa shape index (κ1) is 28.4. The van der Waals surface area contributed by atoms with Gasteiger partial charge in [0.15, 0.2) is 0 Å². The van der Waals surface area contributed by atoms with Gasteiger partial charge in [0.2, 0.25) is 0 Å². The minimum absolute atomic E-state index is 0.0198. The fourth-order valence-corrected chi connectivity index (χ4v) is 3.10. The Bertz CT molecular complexity index is 654. The average molecular weight is 480 g/mol. The summed E-state index contributed by atoms with van der Waals surface area (Å²) < 4.78 is 122. The molecule has 0 radical (unpaired) electrons. The summed E-state index contributed by atoms with van der Waals surface area (Å²) in [5.74, 6) is -19.3. The van der Waals surface area contributed by atoms with Gasteiger partial charge in [0.25, 0.3) is 0 Å². The molecule has 0 aliphatic heterocycles. The molecular weight excluding hydrogens is 451 g/mol. The molecule has 1 rings (SSSR count). The van der Waals surface area contributed by atoms with Crippen LogP contribution in [0.4, 0.5) is 39.5 Å². The monoisotopic (exact) mass is 480 g/mol. The van der Waals surface area contributed by atoms with E-state index in [9.17, 15) is 39.5 Å². The molecule has 0 amide bonds. The summed E-state index contributed by atoms with van der Waals surface area (Å²) in [5.41, 5.74) is -1.67. The van der Waals surface area contributed by atoms with Crippen molar-refractivity contribution < 1.29 is 44.3 Å². The number of alkyl halides is 9. The van der Waals surface area contributed by atoms with E-state index >= 15 is 0 Å². The van der Waals surface area contributed by atoms with Crippen molar-refractivity contribution in [2.45, 2.75) is 95.1 Å². The second-order valence-corrected chi connectivity index (χ2v) is 7.78. The van der Waals surface area contributed by atoms with Crippen molar-refractivity contribution in [2.24, 2.45) is 0 Å². The molecule has 0 N–H and O–H groups in total. The van der Waals surface area contributed by atoms with Crippen LogP contribution in [0.3, 0.4) is 0 Å². The van der Waals surface area contributed by atoms with Gasteiger partial charge >= 0.3 is 23.9 Å². The molecule has 0 heterocycles. The number of halogens is 9. The molecule has 1 aromatic rings. The Kier molecular flexibility index (Phi) is 10.7. The van der Waals surface area contributed by atoms with E-state index in [1.165, 1.54) is 32.1 Å². The van der Waals surface area contributed by atoms with Crippen molar-refractivity contribution in [3.05, 3.63) is 29.8 Å². The molecule has 0 bridgehead atoms. The lowest BCUT2D eigenvalue weighted by Crippen LogP contribution is -2.59. The lowest BCUT2D eigenvalue weighted by molar-refractivity contribution is -0.399. The highest BCUT2D eigenvalue weighted by atomic mass is 19.4. The van der Waals surface area contributed by atoms with Gasteiger partial charge in [-0.15, -0.1) is 0 Å². The van der Waals surface area contributed by atoms with Crippen LogP contribution in [-0.4, -0.2) is 24.6 Å². The summed E-state index contributed by atoms with van der Waals surface area (Å²) in [4.78, 5) is 0. The third-order valence-corrected chi connectivity index (χ3v) is 5.13. The van der Waals surface area contributed by atoms with Gasteiger partial charge in [0, 0.05) is 5.56 Å². The van der Waals surface area contributed by atoms with E-state index in [0.717, 1.165) is 37.8 Å². The number of hydrogen-bond donors (Lipinski definition) is 0. The van der Waals surface area contributed by atoms with E-state index < -0.39 is 29.5 Å². The first-order valence-electron chi connectivity index (χ1n) is 10.7. The van der Waals surface area contributed by atoms with E-state index in [0.29, 0.717) is 18.6 Å². The number of ether oxygens (including phenoxy) is 1. The standard InChI is InChI=1S/C22H29F9O/c1-2-3-4-5-6-7-8-9-10-11-16-32-18-14-12-17(13-15-18)19(23,24)20(25,26)21(27,28)22(29,30)31/h12-15H,2-11,16H2,1H3. The molecule has 32 heavy (non-hydrogen) atoms. The maximum absolute atomic E-state index is 13.9. The van der Waals surface area contributed by atoms with Crippen LogP contribution in [0, 0.1) is 0 Å². The molecule has 0 fully saturated rings. The topological polar surface area (TPSA) is 9.23 Å². The zero-order valence-corrected chi connectivity index (χ0v) is 17.9. The Hall–Kier alpha value is -1.61. The zero-order chi connectivity index (χ0) is 24.5. The highest BCUT2D eigenvalue weighted by Gasteiger charge is 2.81. The summed E-state index contributed by atoms with van der Waals surface area (Å²) in [6.07, 6.45) is 4.08. The van der Waals surface area contributed by atoms with Gasteiger partial charge < -0.3 is 4.74 Å². The Morgan fingerprint density at radius 1 is 0.594 bits per heavy atom. The second kappa shape index (κ2) is 12.0. The molecule has 0 aromatic heterocycles. The molecule has 0 unspecified atom stereocenters. The molecule has 186 valence electrons. The molecular formula is C22H29F9O. The lowest BCUT2D eigenvalue weighted by Gasteiger charge is -2.33. The Morgan fingerprint density at radius 3 is 1.47 bits per heavy atom. The van der Waals surface area contributed by atoms with Crippen LogP contribution >= 0.6 is 0 Å². The minimum atomic E-state index is -6.91. The Balaban J connectivity index is 2.48. The van der Waals surface area contributed by atoms with Crippen molar-refractivity contribution in [3.8, 4) is 5.75 Å². The van der Waals surface area contributed by atoms with Crippen molar-refractivity contribution >= 4 is 0 Å². The van der Waals surface area contributed by atoms with Crippen LogP contribution in [0.25, 0.3) is 0 Å². The first-order chi connectivity index (χ1) is 14.8. The fourth-order valence-electron chi connectivity index (χ4n) is 3.10. The second-order valence-electron chi connectivity index (χ2n) is 7.78. The maximum atomic E-state index is 13.9. The van der Waals surface area contributed by atoms with Gasteiger partial charge in [-0.1, -0.05) is 64.7 Å². The number of unbranched alkanes of at least 4 members (excludes halogenated alkanes) is 9. The van der Waals surface area contributed by atoms with E-state index in [2.05, 4.69) is 6.92 Å². The van der Waals surface area contributed by atoms with Gasteiger partial charge in [0.05, 0.1) is 6.61 Å². The predicted octanol–water partition coefficient (Wildman–Crippen LogP) is 8.91. The van der Waals surface area contributed by atoms with Crippen molar-refractivity contribution in [3.63, 3.8) is 0 Å². The molecule has 0 saturated heterocycles. The quantitative estimate of drug-likeness (QED) is 0.180. The Morgan fingerprint density at radius 2 is 1.03 bits per heavy atom. The molecule has 0 spiro atoms. The molecule has 0 aliphatic rings. The highest BCUT2D eigenvalue weighted by molar-refractivity contribution is 5.32. The summed E-state index contributed by atoms with van der Waals surface area (Å²) in [7, 11) is 0. The molecule has 1 aromatic carbocycles. The van der Waals surface area contributed by atoms with Crippen LogP contribution in [-0.2, 0) is 5.92 Å². The van der Waals surface area contributed by atoms with Gasteiger partial charge in [-0.25, -0.2) is 0 Å². The SMILES string of the molecule is CCCCCCCCCCCCOc1ccc(C(F)(F)C(F)(F)C(F)(F)C(F)(F)F)cc1. The van der Waals surface area contributed by atoms with Gasteiger partial charge in [0.1, 0.15) is 5.75 Å². The maximum Gasteiger partial charge on any atom is 0.460 e. The van der Waals surface area contributed by atoms with Crippen LogP contribution in [0.15, 0.2) is 24.3 Å². The van der Waals surface area contributed by atoms with Gasteiger partial charge in [-0.3, -0.25) is 0 Å². The number of rotatable bonds is 15. The minimum Gasteiger partial charge on any atom is -0.494 e. The smallest absolute Gasteiger partial charge is 0.460 e. The van der Waals surface area contributed by atoms with E-state index in [-0.39, 0.29) is 12.4 Å². The molecule has 0 aliphatic carbocycles. The largest absolute Gasteiger partial charge is 0.494 e. The van der Waals surface area contributed by atoms with Crippen molar-refractivity contribution in [1.82, 2.24) is 0 Å². The van der Waals surface area contributed by atoms with Crippen molar-refractivity contribution in [1.29, 1.82) is 0 Å². The third-order valence-electron chi connectivity index (χ3n) is 5.13. The summed E-state index contributed by atoms with van der Waals surface area (Å²) in [6, 6.07) is 2.38. The number of benzene rings is 1. The predicted molar refractivity (Wildman–Crippen MR) is 104 cm³/mol. The normalized spacial score (nSPS) is 13.4. The zero-order valence-electron chi connectivity index (χ0n) is 17.9. The van der Waals surface area contributed by atoms with Crippen LogP contribution in [0.2, 0.25) is 0 Å². The summed E-state index contributed by atoms with van der Waals surface area (Å²) >= 11 is 0. The van der Waals surface area contributed by atoms with Crippen LogP contribution in [0.5, 0.6) is 5.75 Å². The molecule has 0 saturated carbocycles. The molecule has 0 atom stereocenters. The number of hydrogen-bond acceptors (Lipinski definition) is 1. The van der Waals surface area contributed by atoms with E-state index in [1.54, 1.807) is 0 Å². The van der Waals surface area contributed by atoms with Crippen LogP contribution in [0.1, 0.15) is 76.7 Å². The van der Waals surface area contributed by atoms with Crippen LogP contribution < -0.4 is 4.74 Å². The lowest BCUT2D eigenvalue weighted by atomic mass is 9.97. The average Bonchev–Trinajstić information content (AvgIpc) is 2.71. The Labute approximate surface area is 182 Å². The van der Waals surface area contributed by atoms with E-state index in [4.69, 9.17) is 4.74 Å². The summed E-state index contributed by atoms with van der Waals surface area (Å²) in [5, 5.41) is 0.